The van der Waals surface area contributed by atoms with Crippen molar-refractivity contribution in [1.82, 2.24) is 10.2 Å². The van der Waals surface area contributed by atoms with Crippen LogP contribution in [0.1, 0.15) is 31.2 Å². The first kappa shape index (κ1) is 16.1. The van der Waals surface area contributed by atoms with E-state index < -0.39 is 0 Å². The van der Waals surface area contributed by atoms with Crippen LogP contribution in [0.25, 0.3) is 0 Å². The van der Waals surface area contributed by atoms with Crippen LogP contribution < -0.4 is 5.32 Å². The van der Waals surface area contributed by atoms with Crippen molar-refractivity contribution in [2.45, 2.75) is 44.2 Å². The summed E-state index contributed by atoms with van der Waals surface area (Å²) in [6, 6.07) is 11.1. The van der Waals surface area contributed by atoms with Crippen LogP contribution in [0.15, 0.2) is 30.3 Å². The van der Waals surface area contributed by atoms with Crippen LogP contribution in [0, 0.1) is 11.8 Å². The van der Waals surface area contributed by atoms with Crippen molar-refractivity contribution in [1.29, 1.82) is 0 Å². The van der Waals surface area contributed by atoms with E-state index in [9.17, 15) is 4.79 Å². The molecule has 2 aliphatic heterocycles. The van der Waals surface area contributed by atoms with E-state index in [2.05, 4.69) is 40.5 Å². The Hall–Kier alpha value is -1.39. The molecule has 1 N–H and O–H groups in total. The first-order valence-electron chi connectivity index (χ1n) is 9.46. The van der Waals surface area contributed by atoms with E-state index in [-0.39, 0.29) is 11.8 Å². The monoisotopic (exact) mass is 328 g/mol. The lowest BCUT2D eigenvalue weighted by atomic mass is 9.83. The third-order valence-electron chi connectivity index (χ3n) is 5.70. The van der Waals surface area contributed by atoms with Crippen molar-refractivity contribution in [2.75, 3.05) is 26.2 Å². The predicted octanol–water partition coefficient (Wildman–Crippen LogP) is 2.23. The second-order valence-electron chi connectivity index (χ2n) is 7.67. The molecule has 0 bridgehead atoms. The Morgan fingerprint density at radius 1 is 1.21 bits per heavy atom. The van der Waals surface area contributed by atoms with Gasteiger partial charge >= 0.3 is 0 Å². The Kier molecular flexibility index (Phi) is 4.86. The second-order valence-corrected chi connectivity index (χ2v) is 7.67. The second kappa shape index (κ2) is 7.24. The van der Waals surface area contributed by atoms with E-state index >= 15 is 0 Å². The SMILES string of the molecule is O=C(NC1CC1)[C@H]1CO[C@H]2CCN(CCc3ccccc3)C[C@H]2C1. The van der Waals surface area contributed by atoms with Gasteiger partial charge in [-0.3, -0.25) is 4.79 Å². The van der Waals surface area contributed by atoms with Crippen molar-refractivity contribution < 1.29 is 9.53 Å². The first-order chi connectivity index (χ1) is 11.8. The van der Waals surface area contributed by atoms with Crippen LogP contribution in [0.2, 0.25) is 0 Å². The largest absolute Gasteiger partial charge is 0.377 e. The van der Waals surface area contributed by atoms with Gasteiger partial charge < -0.3 is 15.0 Å². The molecule has 3 fully saturated rings. The molecular formula is C20H28N2O2. The number of carbonyl (C=O) groups excluding carboxylic acids is 1. The third kappa shape index (κ3) is 3.98. The summed E-state index contributed by atoms with van der Waals surface area (Å²) in [6.07, 6.45) is 5.87. The van der Waals surface area contributed by atoms with Crippen LogP contribution in [0.4, 0.5) is 0 Å². The number of hydrogen-bond acceptors (Lipinski definition) is 3. The Balaban J connectivity index is 1.28. The number of hydrogen-bond donors (Lipinski definition) is 1. The maximum atomic E-state index is 12.3. The van der Waals surface area contributed by atoms with E-state index in [1.807, 2.05) is 0 Å². The van der Waals surface area contributed by atoms with E-state index in [0.29, 0.717) is 24.7 Å². The zero-order valence-electron chi connectivity index (χ0n) is 14.3. The number of carbonyl (C=O) groups is 1. The van der Waals surface area contributed by atoms with Crippen LogP contribution in [0.3, 0.4) is 0 Å². The molecule has 1 amide bonds. The van der Waals surface area contributed by atoms with E-state index in [0.717, 1.165) is 51.7 Å². The van der Waals surface area contributed by atoms with Gasteiger partial charge in [0.05, 0.1) is 18.6 Å². The number of nitrogens with zero attached hydrogens (tertiary/aromatic N) is 1. The molecule has 4 heteroatoms. The summed E-state index contributed by atoms with van der Waals surface area (Å²) >= 11 is 0. The van der Waals surface area contributed by atoms with Crippen molar-refractivity contribution in [3.05, 3.63) is 35.9 Å². The van der Waals surface area contributed by atoms with E-state index in [4.69, 9.17) is 4.74 Å². The molecule has 24 heavy (non-hydrogen) atoms. The molecule has 1 aromatic carbocycles. The van der Waals surface area contributed by atoms with Crippen LogP contribution >= 0.6 is 0 Å². The molecule has 1 saturated carbocycles. The summed E-state index contributed by atoms with van der Waals surface area (Å²) in [5, 5.41) is 3.14. The standard InChI is InChI=1S/C20H28N2O2/c23-20(21-18-6-7-18)17-12-16-13-22(11-9-19(16)24-14-17)10-8-15-4-2-1-3-5-15/h1-5,16-19H,6-14H2,(H,21,23)/t16-,17-,19+/m1/s1. The molecule has 0 aromatic heterocycles. The summed E-state index contributed by atoms with van der Waals surface area (Å²) in [4.78, 5) is 14.9. The maximum absolute atomic E-state index is 12.3. The average Bonchev–Trinajstić information content (AvgIpc) is 3.44. The van der Waals surface area contributed by atoms with Crippen molar-refractivity contribution in [3.63, 3.8) is 0 Å². The minimum absolute atomic E-state index is 0.0564. The van der Waals surface area contributed by atoms with Gasteiger partial charge in [0, 0.05) is 25.7 Å². The number of piperidine rings is 1. The summed E-state index contributed by atoms with van der Waals surface area (Å²) in [5.74, 6) is 0.788. The van der Waals surface area contributed by atoms with Crippen molar-refractivity contribution >= 4 is 5.91 Å². The van der Waals surface area contributed by atoms with Gasteiger partial charge in [0.2, 0.25) is 5.91 Å². The predicted molar refractivity (Wildman–Crippen MR) is 93.7 cm³/mol. The molecule has 1 aromatic rings. The quantitative estimate of drug-likeness (QED) is 0.901. The summed E-state index contributed by atoms with van der Waals surface area (Å²) < 4.78 is 6.04. The Morgan fingerprint density at radius 2 is 2.04 bits per heavy atom. The van der Waals surface area contributed by atoms with Gasteiger partial charge in [-0.25, -0.2) is 0 Å². The van der Waals surface area contributed by atoms with Gasteiger partial charge in [-0.1, -0.05) is 30.3 Å². The smallest absolute Gasteiger partial charge is 0.225 e. The molecule has 0 radical (unpaired) electrons. The van der Waals surface area contributed by atoms with E-state index in [1.165, 1.54) is 5.56 Å². The number of amides is 1. The summed E-state index contributed by atoms with van der Waals surface area (Å²) in [7, 11) is 0. The number of nitrogens with one attached hydrogen (secondary N) is 1. The highest BCUT2D eigenvalue weighted by Crippen LogP contribution is 2.32. The highest BCUT2D eigenvalue weighted by molar-refractivity contribution is 5.79. The minimum atomic E-state index is 0.0564. The minimum Gasteiger partial charge on any atom is -0.377 e. The Morgan fingerprint density at radius 3 is 2.83 bits per heavy atom. The molecule has 0 spiro atoms. The molecule has 130 valence electrons. The molecule has 4 nitrogen and oxygen atoms in total. The van der Waals surface area contributed by atoms with E-state index in [1.54, 1.807) is 0 Å². The highest BCUT2D eigenvalue weighted by Gasteiger charge is 2.39. The molecule has 3 aliphatic rings. The fourth-order valence-corrected chi connectivity index (χ4v) is 4.07. The third-order valence-corrected chi connectivity index (χ3v) is 5.70. The lowest BCUT2D eigenvalue weighted by molar-refractivity contribution is -0.139. The normalized spacial score (nSPS) is 30.6. The number of likely N-dealkylation sites (tertiary alicyclic amines) is 1. The first-order valence-corrected chi connectivity index (χ1v) is 9.46. The fourth-order valence-electron chi connectivity index (χ4n) is 4.07. The molecule has 0 unspecified atom stereocenters. The van der Waals surface area contributed by atoms with Gasteiger partial charge in [-0.05, 0) is 43.6 Å². The molecule has 4 rings (SSSR count). The number of benzene rings is 1. The van der Waals surface area contributed by atoms with Crippen molar-refractivity contribution in [3.8, 4) is 0 Å². The average molecular weight is 328 g/mol. The lowest BCUT2D eigenvalue weighted by Crippen LogP contribution is -2.51. The number of ether oxygens (including phenoxy) is 1. The maximum Gasteiger partial charge on any atom is 0.225 e. The van der Waals surface area contributed by atoms with Crippen LogP contribution in [-0.4, -0.2) is 49.2 Å². The number of rotatable bonds is 5. The summed E-state index contributed by atoms with van der Waals surface area (Å²) in [6.45, 7) is 3.91. The van der Waals surface area contributed by atoms with Gasteiger partial charge in [0.15, 0.2) is 0 Å². The molecule has 1 aliphatic carbocycles. The lowest BCUT2D eigenvalue weighted by Gasteiger charge is -2.43. The van der Waals surface area contributed by atoms with Crippen LogP contribution in [-0.2, 0) is 16.0 Å². The molecule has 2 heterocycles. The van der Waals surface area contributed by atoms with Gasteiger partial charge in [0.25, 0.3) is 0 Å². The topological polar surface area (TPSA) is 41.6 Å². The Labute approximate surface area is 144 Å². The fraction of sp³-hybridized carbons (Fsp3) is 0.650. The van der Waals surface area contributed by atoms with Gasteiger partial charge in [0.1, 0.15) is 0 Å². The van der Waals surface area contributed by atoms with Gasteiger partial charge in [-0.15, -0.1) is 0 Å². The molecule has 2 saturated heterocycles. The van der Waals surface area contributed by atoms with Crippen LogP contribution in [0.5, 0.6) is 0 Å². The highest BCUT2D eigenvalue weighted by atomic mass is 16.5. The summed E-state index contributed by atoms with van der Waals surface area (Å²) in [5.41, 5.74) is 1.40. The van der Waals surface area contributed by atoms with Crippen molar-refractivity contribution in [2.24, 2.45) is 11.8 Å². The molecular weight excluding hydrogens is 300 g/mol. The van der Waals surface area contributed by atoms with Gasteiger partial charge in [-0.2, -0.15) is 0 Å². The Bertz CT molecular complexity index is 558. The molecule has 3 atom stereocenters. The zero-order valence-corrected chi connectivity index (χ0v) is 14.3. The zero-order chi connectivity index (χ0) is 16.4. The number of fused-ring (bicyclic) bond motifs is 1.